The first kappa shape index (κ1) is 13.3. The van der Waals surface area contributed by atoms with E-state index in [0.717, 1.165) is 10.9 Å². The van der Waals surface area contributed by atoms with Gasteiger partial charge in [0.05, 0.1) is 3.79 Å². The van der Waals surface area contributed by atoms with Crippen LogP contribution < -0.4 is 5.73 Å². The Labute approximate surface area is 122 Å². The predicted molar refractivity (Wildman–Crippen MR) is 81.7 cm³/mol. The van der Waals surface area contributed by atoms with Crippen LogP contribution in [0.5, 0.6) is 0 Å². The number of hydrogen-bond donors (Lipinski definition) is 1. The average molecular weight is 375 g/mol. The van der Waals surface area contributed by atoms with Crippen LogP contribution in [0.1, 0.15) is 16.4 Å². The van der Waals surface area contributed by atoms with Gasteiger partial charge in [0.25, 0.3) is 0 Å². The lowest BCUT2D eigenvalue weighted by Crippen LogP contribution is -2.14. The van der Waals surface area contributed by atoms with E-state index in [1.54, 1.807) is 11.3 Å². The highest BCUT2D eigenvalue weighted by Crippen LogP contribution is 2.28. The van der Waals surface area contributed by atoms with Crippen molar-refractivity contribution in [3.8, 4) is 0 Å². The third kappa shape index (κ3) is 3.65. The van der Waals surface area contributed by atoms with E-state index in [1.807, 2.05) is 6.07 Å². The van der Waals surface area contributed by atoms with Crippen LogP contribution in [0.3, 0.4) is 0 Å². The van der Waals surface area contributed by atoms with Crippen LogP contribution in [0.2, 0.25) is 0 Å². The molecule has 0 aliphatic rings. The van der Waals surface area contributed by atoms with Crippen LogP contribution in [0.25, 0.3) is 0 Å². The van der Waals surface area contributed by atoms with Gasteiger partial charge in [-0.3, -0.25) is 0 Å². The minimum atomic E-state index is 0.387. The Kier molecular flexibility index (Phi) is 4.79. The SMILES string of the molecule is NCC(Cc1ccc(Br)s1)c1cccc(Br)c1. The van der Waals surface area contributed by atoms with Crippen molar-refractivity contribution in [2.45, 2.75) is 12.3 Å². The zero-order chi connectivity index (χ0) is 12.3. The van der Waals surface area contributed by atoms with Gasteiger partial charge >= 0.3 is 0 Å². The molecule has 0 aliphatic carbocycles. The summed E-state index contributed by atoms with van der Waals surface area (Å²) >= 11 is 8.77. The van der Waals surface area contributed by atoms with Gasteiger partial charge in [-0.25, -0.2) is 0 Å². The fourth-order valence-electron chi connectivity index (χ4n) is 1.80. The highest BCUT2D eigenvalue weighted by Gasteiger charge is 2.12. The summed E-state index contributed by atoms with van der Waals surface area (Å²) < 4.78 is 2.29. The highest BCUT2D eigenvalue weighted by molar-refractivity contribution is 9.11. The van der Waals surface area contributed by atoms with E-state index in [-0.39, 0.29) is 0 Å². The molecule has 2 rings (SSSR count). The summed E-state index contributed by atoms with van der Waals surface area (Å²) in [4.78, 5) is 1.37. The summed E-state index contributed by atoms with van der Waals surface area (Å²) in [5.41, 5.74) is 7.18. The summed E-state index contributed by atoms with van der Waals surface area (Å²) in [5.74, 6) is 0.387. The van der Waals surface area contributed by atoms with Crippen molar-refractivity contribution in [1.82, 2.24) is 0 Å². The molecule has 0 spiro atoms. The van der Waals surface area contributed by atoms with Crippen LogP contribution in [0.15, 0.2) is 44.7 Å². The minimum Gasteiger partial charge on any atom is -0.330 e. The van der Waals surface area contributed by atoms with Crippen LogP contribution in [-0.4, -0.2) is 6.54 Å². The Morgan fingerprint density at radius 1 is 1.18 bits per heavy atom. The molecule has 17 heavy (non-hydrogen) atoms. The van der Waals surface area contributed by atoms with E-state index in [9.17, 15) is 0 Å². The van der Waals surface area contributed by atoms with Gasteiger partial charge in [-0.2, -0.15) is 0 Å². The molecule has 0 radical (unpaired) electrons. The van der Waals surface area contributed by atoms with Gasteiger partial charge in [-0.05, 0) is 58.7 Å². The zero-order valence-electron chi connectivity index (χ0n) is 9.20. The molecule has 2 aromatic rings. The first-order chi connectivity index (χ1) is 8.19. The Morgan fingerprint density at radius 3 is 2.59 bits per heavy atom. The fraction of sp³-hybridized carbons (Fsp3) is 0.231. The molecule has 0 fully saturated rings. The molecule has 2 N–H and O–H groups in total. The largest absolute Gasteiger partial charge is 0.330 e. The van der Waals surface area contributed by atoms with Gasteiger partial charge < -0.3 is 5.73 Å². The molecule has 1 aromatic heterocycles. The molecule has 1 heterocycles. The Bertz CT molecular complexity index is 496. The molecule has 1 nitrogen and oxygen atoms in total. The lowest BCUT2D eigenvalue weighted by atomic mass is 9.95. The van der Waals surface area contributed by atoms with Crippen LogP contribution in [0.4, 0.5) is 0 Å². The number of rotatable bonds is 4. The Balaban J connectivity index is 2.16. The van der Waals surface area contributed by atoms with Crippen molar-refractivity contribution in [3.05, 3.63) is 55.1 Å². The van der Waals surface area contributed by atoms with E-state index in [1.165, 1.54) is 14.2 Å². The molecule has 0 amide bonds. The molecule has 90 valence electrons. The van der Waals surface area contributed by atoms with E-state index < -0.39 is 0 Å². The lowest BCUT2D eigenvalue weighted by molar-refractivity contribution is 0.701. The summed E-state index contributed by atoms with van der Waals surface area (Å²) in [6, 6.07) is 12.7. The van der Waals surface area contributed by atoms with Gasteiger partial charge in [0.2, 0.25) is 0 Å². The normalized spacial score (nSPS) is 12.6. The molecular weight excluding hydrogens is 362 g/mol. The van der Waals surface area contributed by atoms with Crippen molar-refractivity contribution >= 4 is 43.2 Å². The van der Waals surface area contributed by atoms with Crippen molar-refractivity contribution in [2.24, 2.45) is 5.73 Å². The second kappa shape index (κ2) is 6.14. The predicted octanol–water partition coefficient (Wildman–Crippen LogP) is 4.56. The average Bonchev–Trinajstić information content (AvgIpc) is 2.72. The second-order valence-electron chi connectivity index (χ2n) is 3.90. The first-order valence-electron chi connectivity index (χ1n) is 5.39. The van der Waals surface area contributed by atoms with Crippen LogP contribution in [0, 0.1) is 0 Å². The first-order valence-corrected chi connectivity index (χ1v) is 7.79. The quantitative estimate of drug-likeness (QED) is 0.833. The maximum atomic E-state index is 5.89. The standard InChI is InChI=1S/C13H13Br2NS/c14-11-3-1-2-9(6-11)10(8-16)7-12-4-5-13(15)17-12/h1-6,10H,7-8,16H2. The molecule has 0 saturated heterocycles. The molecule has 0 bridgehead atoms. The summed E-state index contributed by atoms with van der Waals surface area (Å²) in [5, 5.41) is 0. The van der Waals surface area contributed by atoms with E-state index in [2.05, 4.69) is 62.2 Å². The minimum absolute atomic E-state index is 0.387. The highest BCUT2D eigenvalue weighted by atomic mass is 79.9. The van der Waals surface area contributed by atoms with Crippen molar-refractivity contribution in [3.63, 3.8) is 0 Å². The van der Waals surface area contributed by atoms with Gasteiger partial charge in [-0.1, -0.05) is 28.1 Å². The second-order valence-corrected chi connectivity index (χ2v) is 7.36. The number of hydrogen-bond acceptors (Lipinski definition) is 2. The van der Waals surface area contributed by atoms with Crippen LogP contribution >= 0.6 is 43.2 Å². The van der Waals surface area contributed by atoms with Crippen molar-refractivity contribution in [2.75, 3.05) is 6.54 Å². The maximum Gasteiger partial charge on any atom is 0.0701 e. The fourth-order valence-corrected chi connectivity index (χ4v) is 3.78. The van der Waals surface area contributed by atoms with E-state index in [0.29, 0.717) is 12.5 Å². The van der Waals surface area contributed by atoms with E-state index >= 15 is 0 Å². The third-order valence-corrected chi connectivity index (χ3v) is 4.82. The molecular formula is C13H13Br2NS. The summed E-state index contributed by atoms with van der Waals surface area (Å²) in [6.07, 6.45) is 1.00. The molecule has 1 atom stereocenters. The zero-order valence-corrected chi connectivity index (χ0v) is 13.2. The molecule has 0 aliphatic heterocycles. The molecule has 1 aromatic carbocycles. The van der Waals surface area contributed by atoms with Crippen molar-refractivity contribution in [1.29, 1.82) is 0 Å². The smallest absolute Gasteiger partial charge is 0.0701 e. The topological polar surface area (TPSA) is 26.0 Å². The van der Waals surface area contributed by atoms with Gasteiger partial charge in [-0.15, -0.1) is 11.3 Å². The Morgan fingerprint density at radius 2 is 2.00 bits per heavy atom. The van der Waals surface area contributed by atoms with Crippen molar-refractivity contribution < 1.29 is 0 Å². The monoisotopic (exact) mass is 373 g/mol. The van der Waals surface area contributed by atoms with Crippen LogP contribution in [-0.2, 0) is 6.42 Å². The third-order valence-electron chi connectivity index (χ3n) is 2.68. The molecule has 1 unspecified atom stereocenters. The van der Waals surface area contributed by atoms with Gasteiger partial charge in [0.1, 0.15) is 0 Å². The lowest BCUT2D eigenvalue weighted by Gasteiger charge is -2.14. The molecule has 0 saturated carbocycles. The van der Waals surface area contributed by atoms with Gasteiger partial charge in [0, 0.05) is 15.3 Å². The maximum absolute atomic E-state index is 5.89. The number of thiophene rings is 1. The molecule has 4 heteroatoms. The number of benzene rings is 1. The summed E-state index contributed by atoms with van der Waals surface area (Å²) in [7, 11) is 0. The van der Waals surface area contributed by atoms with Gasteiger partial charge in [0.15, 0.2) is 0 Å². The Hall–Kier alpha value is -0.160. The number of halogens is 2. The summed E-state index contributed by atoms with van der Waals surface area (Å²) in [6.45, 7) is 0.673. The number of nitrogens with two attached hydrogens (primary N) is 1. The van der Waals surface area contributed by atoms with E-state index in [4.69, 9.17) is 5.73 Å².